The summed E-state index contributed by atoms with van der Waals surface area (Å²) >= 11 is 0. The number of unbranched alkanes of at least 4 members (excludes halogenated alkanes) is 3. The number of nitrogens with zero attached hydrogens (tertiary/aromatic N) is 2. The third kappa shape index (κ3) is 6.24. The zero-order valence-corrected chi connectivity index (χ0v) is 8.53. The fourth-order valence-corrected chi connectivity index (χ4v) is 0.974. The van der Waals surface area contributed by atoms with E-state index in [0.29, 0.717) is 6.54 Å². The molecule has 0 aliphatic heterocycles. The zero-order chi connectivity index (χ0) is 11.0. The van der Waals surface area contributed by atoms with Crippen LogP contribution in [0, 0.1) is 5.41 Å². The lowest BCUT2D eigenvalue weighted by molar-refractivity contribution is -0.0180. The standard InChI is InChI=1S/C8H19N5O/c1-2-3-4-5-6-13(14)8(11)12-7(9)10/h14H,2-6H2,1H3,(H5,9,10,11,12). The van der Waals surface area contributed by atoms with Gasteiger partial charge >= 0.3 is 0 Å². The molecule has 0 aromatic carbocycles. The Labute approximate surface area is 84.1 Å². The van der Waals surface area contributed by atoms with Gasteiger partial charge in [0.25, 0.3) is 0 Å². The van der Waals surface area contributed by atoms with E-state index < -0.39 is 0 Å². The van der Waals surface area contributed by atoms with Crippen molar-refractivity contribution in [1.29, 1.82) is 5.41 Å². The highest BCUT2D eigenvalue weighted by Crippen LogP contribution is 2.00. The van der Waals surface area contributed by atoms with Crippen molar-refractivity contribution < 1.29 is 5.21 Å². The highest BCUT2D eigenvalue weighted by atomic mass is 16.5. The van der Waals surface area contributed by atoms with Crippen LogP contribution in [0.1, 0.15) is 32.6 Å². The van der Waals surface area contributed by atoms with E-state index in [4.69, 9.17) is 16.9 Å². The zero-order valence-electron chi connectivity index (χ0n) is 8.53. The molecule has 82 valence electrons. The van der Waals surface area contributed by atoms with Crippen LogP contribution < -0.4 is 11.5 Å². The normalized spacial score (nSPS) is 9.57. The van der Waals surface area contributed by atoms with Crippen molar-refractivity contribution in [2.24, 2.45) is 16.5 Å². The summed E-state index contributed by atoms with van der Waals surface area (Å²) in [6.45, 7) is 2.49. The van der Waals surface area contributed by atoms with E-state index in [1.54, 1.807) is 0 Å². The van der Waals surface area contributed by atoms with Gasteiger partial charge in [-0.15, -0.1) is 0 Å². The first-order chi connectivity index (χ1) is 6.57. The van der Waals surface area contributed by atoms with Crippen LogP contribution in [0.2, 0.25) is 0 Å². The highest BCUT2D eigenvalue weighted by molar-refractivity contribution is 5.91. The van der Waals surface area contributed by atoms with E-state index in [1.807, 2.05) is 0 Å². The molecule has 0 rings (SSSR count). The Morgan fingerprint density at radius 3 is 2.50 bits per heavy atom. The molecular formula is C8H19N5O. The van der Waals surface area contributed by atoms with Crippen LogP contribution in [-0.2, 0) is 0 Å². The Kier molecular flexibility index (Phi) is 6.47. The molecule has 14 heavy (non-hydrogen) atoms. The second kappa shape index (κ2) is 7.14. The van der Waals surface area contributed by atoms with E-state index in [2.05, 4.69) is 11.9 Å². The first-order valence-corrected chi connectivity index (χ1v) is 4.72. The molecule has 0 unspecified atom stereocenters. The minimum atomic E-state index is -0.318. The molecule has 0 fully saturated rings. The SMILES string of the molecule is CCCCCCN(O)C(=N)N=C(N)N. The van der Waals surface area contributed by atoms with Crippen LogP contribution in [0.5, 0.6) is 0 Å². The van der Waals surface area contributed by atoms with Crippen molar-refractivity contribution in [2.75, 3.05) is 6.54 Å². The molecule has 6 N–H and O–H groups in total. The summed E-state index contributed by atoms with van der Waals surface area (Å²) in [5, 5.41) is 17.2. The Morgan fingerprint density at radius 1 is 1.36 bits per heavy atom. The van der Waals surface area contributed by atoms with Crippen molar-refractivity contribution in [3.05, 3.63) is 0 Å². The summed E-state index contributed by atoms with van der Waals surface area (Å²) < 4.78 is 0. The van der Waals surface area contributed by atoms with Gasteiger partial charge in [0, 0.05) is 6.54 Å². The smallest absolute Gasteiger partial charge is 0.245 e. The van der Waals surface area contributed by atoms with Gasteiger partial charge in [0.1, 0.15) is 0 Å². The Morgan fingerprint density at radius 2 is 2.00 bits per heavy atom. The first-order valence-electron chi connectivity index (χ1n) is 4.72. The molecule has 0 spiro atoms. The molecule has 0 saturated carbocycles. The first kappa shape index (κ1) is 12.7. The third-order valence-electron chi connectivity index (χ3n) is 1.70. The molecule has 0 bridgehead atoms. The van der Waals surface area contributed by atoms with Gasteiger partial charge in [-0.3, -0.25) is 10.6 Å². The fraction of sp³-hybridized carbons (Fsp3) is 0.750. The number of hydrogen-bond donors (Lipinski definition) is 4. The van der Waals surface area contributed by atoms with E-state index >= 15 is 0 Å². The summed E-state index contributed by atoms with van der Waals surface area (Å²) in [7, 11) is 0. The topological polar surface area (TPSA) is 112 Å². The largest absolute Gasteiger partial charge is 0.370 e. The Bertz CT molecular complexity index is 200. The van der Waals surface area contributed by atoms with Crippen LogP contribution in [0.25, 0.3) is 0 Å². The summed E-state index contributed by atoms with van der Waals surface area (Å²) in [4.78, 5) is 3.41. The summed E-state index contributed by atoms with van der Waals surface area (Å²) in [6.07, 6.45) is 4.12. The van der Waals surface area contributed by atoms with Gasteiger partial charge in [0.15, 0.2) is 5.96 Å². The van der Waals surface area contributed by atoms with Gasteiger partial charge in [0.05, 0.1) is 0 Å². The van der Waals surface area contributed by atoms with Crippen molar-refractivity contribution in [2.45, 2.75) is 32.6 Å². The van der Waals surface area contributed by atoms with Crippen LogP contribution in [-0.4, -0.2) is 28.7 Å². The highest BCUT2D eigenvalue weighted by Gasteiger charge is 2.04. The van der Waals surface area contributed by atoms with Crippen LogP contribution in [0.3, 0.4) is 0 Å². The van der Waals surface area contributed by atoms with Crippen LogP contribution in [0.15, 0.2) is 4.99 Å². The maximum atomic E-state index is 9.26. The molecular weight excluding hydrogens is 182 g/mol. The molecule has 0 aliphatic carbocycles. The average Bonchev–Trinajstić information content (AvgIpc) is 2.11. The Balaban J connectivity index is 3.68. The molecule has 0 atom stereocenters. The van der Waals surface area contributed by atoms with Crippen molar-refractivity contribution >= 4 is 11.9 Å². The lowest BCUT2D eigenvalue weighted by Gasteiger charge is -2.13. The van der Waals surface area contributed by atoms with Gasteiger partial charge in [0.2, 0.25) is 5.96 Å². The average molecular weight is 201 g/mol. The van der Waals surface area contributed by atoms with Gasteiger partial charge in [-0.2, -0.15) is 4.99 Å². The predicted molar refractivity (Wildman–Crippen MR) is 56.2 cm³/mol. The van der Waals surface area contributed by atoms with Crippen LogP contribution >= 0.6 is 0 Å². The van der Waals surface area contributed by atoms with Gasteiger partial charge in [-0.1, -0.05) is 26.2 Å². The minimum absolute atomic E-state index is 0.220. The second-order valence-electron chi connectivity index (χ2n) is 3.04. The van der Waals surface area contributed by atoms with Crippen molar-refractivity contribution in [3.8, 4) is 0 Å². The number of hydroxylamine groups is 2. The van der Waals surface area contributed by atoms with Gasteiger partial charge in [-0.05, 0) is 6.42 Å². The van der Waals surface area contributed by atoms with Crippen molar-refractivity contribution in [1.82, 2.24) is 5.06 Å². The molecule has 0 aromatic heterocycles. The molecule has 0 saturated heterocycles. The summed E-state index contributed by atoms with van der Waals surface area (Å²) in [6, 6.07) is 0. The second-order valence-corrected chi connectivity index (χ2v) is 3.04. The van der Waals surface area contributed by atoms with E-state index in [1.165, 1.54) is 0 Å². The lowest BCUT2D eigenvalue weighted by Crippen LogP contribution is -2.31. The maximum absolute atomic E-state index is 9.26. The fourth-order valence-electron chi connectivity index (χ4n) is 0.974. The molecule has 6 nitrogen and oxygen atoms in total. The maximum Gasteiger partial charge on any atom is 0.245 e. The molecule has 0 heterocycles. The number of nitrogens with two attached hydrogens (primary N) is 2. The predicted octanol–water partition coefficient (Wildman–Crippen LogP) is 0.466. The molecule has 0 amide bonds. The molecule has 0 radical (unpaired) electrons. The van der Waals surface area contributed by atoms with E-state index in [9.17, 15) is 5.21 Å². The number of hydrogen-bond acceptors (Lipinski definition) is 2. The van der Waals surface area contributed by atoms with E-state index in [0.717, 1.165) is 30.7 Å². The minimum Gasteiger partial charge on any atom is -0.370 e. The molecule has 6 heteroatoms. The third-order valence-corrected chi connectivity index (χ3v) is 1.70. The summed E-state index contributed by atoms with van der Waals surface area (Å²) in [5.74, 6) is -0.538. The van der Waals surface area contributed by atoms with Gasteiger partial charge < -0.3 is 11.5 Å². The van der Waals surface area contributed by atoms with Gasteiger partial charge in [-0.25, -0.2) is 5.06 Å². The number of aliphatic imine (C=N–C) groups is 1. The van der Waals surface area contributed by atoms with Crippen LogP contribution in [0.4, 0.5) is 0 Å². The Hall–Kier alpha value is -1.30. The monoisotopic (exact) mass is 201 g/mol. The van der Waals surface area contributed by atoms with Crippen molar-refractivity contribution in [3.63, 3.8) is 0 Å². The quantitative estimate of drug-likeness (QED) is 0.224. The molecule has 0 aromatic rings. The molecule has 0 aliphatic rings. The lowest BCUT2D eigenvalue weighted by atomic mass is 10.2. The number of rotatable bonds is 5. The number of nitrogens with one attached hydrogen (secondary N) is 1. The number of guanidine groups is 2. The summed E-state index contributed by atoms with van der Waals surface area (Å²) in [5.41, 5.74) is 10.1. The van der Waals surface area contributed by atoms with E-state index in [-0.39, 0.29) is 11.9 Å².